The molecule has 25 heavy (non-hydrogen) atoms. The highest BCUT2D eigenvalue weighted by Crippen LogP contribution is 2.29. The highest BCUT2D eigenvalue weighted by Gasteiger charge is 2.21. The molecule has 1 aromatic heterocycles. The molecule has 0 aliphatic carbocycles. The summed E-state index contributed by atoms with van der Waals surface area (Å²) in [6, 6.07) is 11.0. The topological polar surface area (TPSA) is 65.7 Å². The Morgan fingerprint density at radius 1 is 1.28 bits per heavy atom. The summed E-state index contributed by atoms with van der Waals surface area (Å²) in [6.45, 7) is 2.40. The third-order valence-electron chi connectivity index (χ3n) is 4.61. The molecule has 134 valence electrons. The van der Waals surface area contributed by atoms with Crippen molar-refractivity contribution in [3.63, 3.8) is 0 Å². The molecule has 1 unspecified atom stereocenters. The number of amides is 1. The van der Waals surface area contributed by atoms with Crippen LogP contribution in [-0.4, -0.2) is 48.2 Å². The van der Waals surface area contributed by atoms with E-state index in [9.17, 15) is 9.90 Å². The Labute approximate surface area is 152 Å². The molecule has 1 fully saturated rings. The lowest BCUT2D eigenvalue weighted by Crippen LogP contribution is -2.45. The summed E-state index contributed by atoms with van der Waals surface area (Å²) < 4.78 is 5.65. The van der Waals surface area contributed by atoms with Crippen molar-refractivity contribution in [1.29, 1.82) is 0 Å². The second-order valence-electron chi connectivity index (χ2n) is 6.27. The smallest absolute Gasteiger partial charge is 0.287 e. The summed E-state index contributed by atoms with van der Waals surface area (Å²) >= 11 is 6.16. The van der Waals surface area contributed by atoms with Crippen LogP contribution in [0.3, 0.4) is 0 Å². The van der Waals surface area contributed by atoms with Gasteiger partial charge in [0.1, 0.15) is 5.76 Å². The minimum atomic E-state index is -0.240. The molecule has 2 N–H and O–H groups in total. The molecule has 1 aromatic carbocycles. The van der Waals surface area contributed by atoms with Gasteiger partial charge in [0.25, 0.3) is 5.91 Å². The monoisotopic (exact) mass is 362 g/mol. The number of piperidine rings is 1. The van der Waals surface area contributed by atoms with Gasteiger partial charge in [0.15, 0.2) is 5.76 Å². The number of rotatable bonds is 6. The van der Waals surface area contributed by atoms with E-state index < -0.39 is 0 Å². The lowest BCUT2D eigenvalue weighted by molar-refractivity contribution is 0.0836. The minimum absolute atomic E-state index is 0.174. The fourth-order valence-electron chi connectivity index (χ4n) is 3.23. The third-order valence-corrected chi connectivity index (χ3v) is 4.94. The maximum absolute atomic E-state index is 12.3. The van der Waals surface area contributed by atoms with E-state index in [0.717, 1.165) is 37.9 Å². The number of furan rings is 1. The molecular weight excluding hydrogens is 340 g/mol. The first-order valence-corrected chi connectivity index (χ1v) is 9.04. The van der Waals surface area contributed by atoms with E-state index in [1.165, 1.54) is 0 Å². The van der Waals surface area contributed by atoms with Crippen LogP contribution in [0.4, 0.5) is 0 Å². The average Bonchev–Trinajstić information content (AvgIpc) is 3.12. The number of aliphatic hydroxyl groups is 1. The molecule has 1 saturated heterocycles. The van der Waals surface area contributed by atoms with E-state index in [-0.39, 0.29) is 24.3 Å². The van der Waals surface area contributed by atoms with Crippen LogP contribution in [0.15, 0.2) is 40.8 Å². The van der Waals surface area contributed by atoms with Crippen LogP contribution in [0.25, 0.3) is 11.3 Å². The number of likely N-dealkylation sites (tertiary alicyclic amines) is 1. The molecule has 0 saturated carbocycles. The summed E-state index contributed by atoms with van der Waals surface area (Å²) in [5.41, 5.74) is 0.766. The van der Waals surface area contributed by atoms with Crippen LogP contribution in [0.5, 0.6) is 0 Å². The van der Waals surface area contributed by atoms with Gasteiger partial charge in [-0.15, -0.1) is 0 Å². The molecular formula is C19H23ClN2O3. The molecule has 2 heterocycles. The van der Waals surface area contributed by atoms with Gasteiger partial charge in [-0.3, -0.25) is 9.69 Å². The normalized spacial score (nSPS) is 18.2. The highest BCUT2D eigenvalue weighted by molar-refractivity contribution is 6.33. The number of hydrogen-bond donors (Lipinski definition) is 2. The molecule has 0 bridgehead atoms. The van der Waals surface area contributed by atoms with E-state index in [4.69, 9.17) is 16.0 Å². The van der Waals surface area contributed by atoms with E-state index in [0.29, 0.717) is 17.3 Å². The Morgan fingerprint density at radius 3 is 2.92 bits per heavy atom. The summed E-state index contributed by atoms with van der Waals surface area (Å²) in [4.78, 5) is 14.5. The Bertz CT molecular complexity index is 716. The first-order chi connectivity index (χ1) is 12.2. The molecule has 1 atom stereocenters. The fourth-order valence-corrected chi connectivity index (χ4v) is 3.46. The second kappa shape index (κ2) is 8.52. The Hall–Kier alpha value is -1.82. The number of halogens is 1. The molecule has 1 aliphatic heterocycles. The fraction of sp³-hybridized carbons (Fsp3) is 0.421. The number of carbonyl (C=O) groups excluding carboxylic acids is 1. The predicted octanol–water partition coefficient (Wildman–Crippen LogP) is 3.18. The SMILES string of the molecule is O=C(NCCN1CCCCC1CO)c1ccc(-c2ccccc2Cl)o1. The second-order valence-corrected chi connectivity index (χ2v) is 6.67. The Morgan fingerprint density at radius 2 is 2.12 bits per heavy atom. The summed E-state index contributed by atoms with van der Waals surface area (Å²) in [5, 5.41) is 12.9. The molecule has 3 rings (SSSR count). The number of carbonyl (C=O) groups is 1. The van der Waals surface area contributed by atoms with E-state index in [2.05, 4.69) is 10.2 Å². The quantitative estimate of drug-likeness (QED) is 0.828. The molecule has 5 nitrogen and oxygen atoms in total. The number of aliphatic hydroxyl groups excluding tert-OH is 1. The molecule has 0 radical (unpaired) electrons. The van der Waals surface area contributed by atoms with E-state index in [1.807, 2.05) is 18.2 Å². The van der Waals surface area contributed by atoms with Crippen LogP contribution in [0, 0.1) is 0 Å². The maximum atomic E-state index is 12.3. The first kappa shape index (κ1) is 18.0. The van der Waals surface area contributed by atoms with Gasteiger partial charge in [0.2, 0.25) is 0 Å². The lowest BCUT2D eigenvalue weighted by atomic mass is 10.0. The van der Waals surface area contributed by atoms with Crippen LogP contribution in [0.2, 0.25) is 5.02 Å². The lowest BCUT2D eigenvalue weighted by Gasteiger charge is -2.34. The van der Waals surface area contributed by atoms with Gasteiger partial charge < -0.3 is 14.8 Å². The number of benzene rings is 1. The minimum Gasteiger partial charge on any atom is -0.451 e. The molecule has 1 aliphatic rings. The van der Waals surface area contributed by atoms with Crippen molar-refractivity contribution in [2.45, 2.75) is 25.3 Å². The van der Waals surface area contributed by atoms with Gasteiger partial charge >= 0.3 is 0 Å². The predicted molar refractivity (Wildman–Crippen MR) is 97.8 cm³/mol. The van der Waals surface area contributed by atoms with Crippen LogP contribution >= 0.6 is 11.6 Å². The van der Waals surface area contributed by atoms with Gasteiger partial charge in [0, 0.05) is 24.7 Å². The summed E-state index contributed by atoms with van der Waals surface area (Å²) in [6.07, 6.45) is 3.32. The molecule has 2 aromatic rings. The summed E-state index contributed by atoms with van der Waals surface area (Å²) in [7, 11) is 0. The van der Waals surface area contributed by atoms with Gasteiger partial charge in [-0.1, -0.05) is 30.2 Å². The first-order valence-electron chi connectivity index (χ1n) is 8.67. The molecule has 0 spiro atoms. The zero-order valence-corrected chi connectivity index (χ0v) is 14.8. The van der Waals surface area contributed by atoms with Crippen molar-refractivity contribution in [3.05, 3.63) is 47.2 Å². The number of nitrogens with zero attached hydrogens (tertiary/aromatic N) is 1. The Kier molecular flexibility index (Phi) is 6.13. The largest absolute Gasteiger partial charge is 0.451 e. The van der Waals surface area contributed by atoms with Gasteiger partial charge in [-0.2, -0.15) is 0 Å². The van der Waals surface area contributed by atoms with E-state index >= 15 is 0 Å². The van der Waals surface area contributed by atoms with Crippen molar-refractivity contribution < 1.29 is 14.3 Å². The van der Waals surface area contributed by atoms with Crippen molar-refractivity contribution >= 4 is 17.5 Å². The van der Waals surface area contributed by atoms with Crippen molar-refractivity contribution in [2.24, 2.45) is 0 Å². The highest BCUT2D eigenvalue weighted by atomic mass is 35.5. The number of hydrogen-bond acceptors (Lipinski definition) is 4. The van der Waals surface area contributed by atoms with Crippen LogP contribution < -0.4 is 5.32 Å². The van der Waals surface area contributed by atoms with Crippen molar-refractivity contribution in [3.8, 4) is 11.3 Å². The Balaban J connectivity index is 1.55. The van der Waals surface area contributed by atoms with Gasteiger partial charge in [-0.05, 0) is 43.7 Å². The van der Waals surface area contributed by atoms with Crippen LogP contribution in [-0.2, 0) is 0 Å². The van der Waals surface area contributed by atoms with Crippen molar-refractivity contribution in [2.75, 3.05) is 26.2 Å². The maximum Gasteiger partial charge on any atom is 0.287 e. The van der Waals surface area contributed by atoms with Gasteiger partial charge in [-0.25, -0.2) is 0 Å². The van der Waals surface area contributed by atoms with Gasteiger partial charge in [0.05, 0.1) is 11.6 Å². The van der Waals surface area contributed by atoms with Crippen LogP contribution in [0.1, 0.15) is 29.8 Å². The number of nitrogens with one attached hydrogen (secondary N) is 1. The zero-order valence-electron chi connectivity index (χ0n) is 14.1. The van der Waals surface area contributed by atoms with E-state index in [1.54, 1.807) is 18.2 Å². The molecule has 6 heteroatoms. The average molecular weight is 363 g/mol. The molecule has 1 amide bonds. The third kappa shape index (κ3) is 4.42. The van der Waals surface area contributed by atoms with Crippen molar-refractivity contribution in [1.82, 2.24) is 10.2 Å². The summed E-state index contributed by atoms with van der Waals surface area (Å²) in [5.74, 6) is 0.607. The zero-order chi connectivity index (χ0) is 17.6. The standard InChI is InChI=1S/C19H23ClN2O3/c20-16-7-2-1-6-15(16)17-8-9-18(25-17)19(24)21-10-12-22-11-4-3-5-14(22)13-23/h1-2,6-9,14,23H,3-5,10-13H2,(H,21,24).